The molecule has 0 spiro atoms. The number of nitrogens with zero attached hydrogens (tertiary/aromatic N) is 3. The summed E-state index contributed by atoms with van der Waals surface area (Å²) in [5.41, 5.74) is 2.24. The van der Waals surface area contributed by atoms with Crippen LogP contribution in [0.3, 0.4) is 0 Å². The second kappa shape index (κ2) is 9.27. The van der Waals surface area contributed by atoms with Gasteiger partial charge in [0.25, 0.3) is 0 Å². The maximum atomic E-state index is 13.2. The Morgan fingerprint density at radius 3 is 2.17 bits per heavy atom. The Morgan fingerprint density at radius 1 is 0.900 bits per heavy atom. The summed E-state index contributed by atoms with van der Waals surface area (Å²) in [6, 6.07) is 13.7. The van der Waals surface area contributed by atoms with Gasteiger partial charge in [-0.3, -0.25) is 9.78 Å². The Morgan fingerprint density at radius 2 is 1.53 bits per heavy atom. The first-order chi connectivity index (χ1) is 14.5. The van der Waals surface area contributed by atoms with Gasteiger partial charge in [-0.25, -0.2) is 12.7 Å². The van der Waals surface area contributed by atoms with Gasteiger partial charge in [0.15, 0.2) is 0 Å². The summed E-state index contributed by atoms with van der Waals surface area (Å²) >= 11 is 0. The van der Waals surface area contributed by atoms with Crippen LogP contribution >= 0.6 is 0 Å². The van der Waals surface area contributed by atoms with E-state index in [0.29, 0.717) is 51.4 Å². The zero-order valence-electron chi connectivity index (χ0n) is 17.2. The van der Waals surface area contributed by atoms with Crippen molar-refractivity contribution in [1.82, 2.24) is 14.2 Å². The van der Waals surface area contributed by atoms with Gasteiger partial charge in [0.2, 0.25) is 15.9 Å². The van der Waals surface area contributed by atoms with E-state index >= 15 is 0 Å². The van der Waals surface area contributed by atoms with E-state index in [9.17, 15) is 13.2 Å². The maximum absolute atomic E-state index is 13.2. The minimum absolute atomic E-state index is 0.0789. The van der Waals surface area contributed by atoms with E-state index in [1.165, 1.54) is 5.56 Å². The first-order valence-electron chi connectivity index (χ1n) is 10.7. The van der Waals surface area contributed by atoms with Crippen molar-refractivity contribution in [1.29, 1.82) is 0 Å². The highest BCUT2D eigenvalue weighted by Crippen LogP contribution is 2.31. The SMILES string of the molecule is O=C(Cc1ccccc1)N1CCC(S(=O)(=O)N2CCC(c3ccncc3)CC2)CC1. The number of aromatic nitrogens is 1. The van der Waals surface area contributed by atoms with E-state index in [2.05, 4.69) is 4.98 Å². The fraction of sp³-hybridized carbons (Fsp3) is 0.478. The summed E-state index contributed by atoms with van der Waals surface area (Å²) in [6.07, 6.45) is 6.70. The molecule has 2 aliphatic heterocycles. The second-order valence-corrected chi connectivity index (χ2v) is 10.5. The molecule has 0 atom stereocenters. The average Bonchev–Trinajstić information content (AvgIpc) is 2.80. The van der Waals surface area contributed by atoms with Gasteiger partial charge in [-0.1, -0.05) is 30.3 Å². The molecule has 3 heterocycles. The first kappa shape index (κ1) is 21.0. The minimum atomic E-state index is -3.32. The minimum Gasteiger partial charge on any atom is -0.342 e. The molecule has 0 N–H and O–H groups in total. The highest BCUT2D eigenvalue weighted by molar-refractivity contribution is 7.89. The van der Waals surface area contributed by atoms with Gasteiger partial charge in [0, 0.05) is 38.6 Å². The van der Waals surface area contributed by atoms with Crippen LogP contribution in [0, 0.1) is 0 Å². The number of carbonyl (C=O) groups is 1. The number of rotatable bonds is 5. The number of carbonyl (C=O) groups excluding carboxylic acids is 1. The fourth-order valence-electron chi connectivity index (χ4n) is 4.58. The van der Waals surface area contributed by atoms with E-state index in [4.69, 9.17) is 0 Å². The lowest BCUT2D eigenvalue weighted by Gasteiger charge is -2.37. The summed E-state index contributed by atoms with van der Waals surface area (Å²) in [4.78, 5) is 18.4. The van der Waals surface area contributed by atoms with Gasteiger partial charge < -0.3 is 4.90 Å². The third kappa shape index (κ3) is 4.73. The molecule has 0 aliphatic carbocycles. The maximum Gasteiger partial charge on any atom is 0.226 e. The molecule has 1 aromatic heterocycles. The number of piperidine rings is 2. The molecular weight excluding hydrogens is 398 g/mol. The van der Waals surface area contributed by atoms with E-state index in [1.807, 2.05) is 47.4 Å². The Labute approximate surface area is 179 Å². The van der Waals surface area contributed by atoms with Crippen LogP contribution < -0.4 is 0 Å². The molecule has 0 unspecified atom stereocenters. The van der Waals surface area contributed by atoms with E-state index < -0.39 is 10.0 Å². The third-order valence-electron chi connectivity index (χ3n) is 6.41. The Kier molecular flexibility index (Phi) is 6.49. The molecule has 30 heavy (non-hydrogen) atoms. The van der Waals surface area contributed by atoms with Crippen molar-refractivity contribution < 1.29 is 13.2 Å². The molecule has 2 fully saturated rings. The molecule has 2 aliphatic rings. The van der Waals surface area contributed by atoms with Crippen molar-refractivity contribution in [2.24, 2.45) is 0 Å². The highest BCUT2D eigenvalue weighted by atomic mass is 32.2. The molecule has 2 saturated heterocycles. The Hall–Kier alpha value is -2.25. The van der Waals surface area contributed by atoms with Crippen LogP contribution in [0.25, 0.3) is 0 Å². The topological polar surface area (TPSA) is 70.6 Å². The van der Waals surface area contributed by atoms with E-state index in [0.717, 1.165) is 18.4 Å². The number of pyridine rings is 1. The Bertz CT molecular complexity index is 934. The van der Waals surface area contributed by atoms with Crippen LogP contribution in [-0.4, -0.2) is 59.9 Å². The summed E-state index contributed by atoms with van der Waals surface area (Å²) < 4.78 is 28.0. The van der Waals surface area contributed by atoms with Crippen LogP contribution in [0.15, 0.2) is 54.9 Å². The lowest BCUT2D eigenvalue weighted by molar-refractivity contribution is -0.131. The predicted molar refractivity (Wildman–Crippen MR) is 116 cm³/mol. The third-order valence-corrected chi connectivity index (χ3v) is 8.80. The lowest BCUT2D eigenvalue weighted by Crippen LogP contribution is -2.48. The van der Waals surface area contributed by atoms with Crippen LogP contribution in [0.2, 0.25) is 0 Å². The van der Waals surface area contributed by atoms with Crippen LogP contribution in [0.5, 0.6) is 0 Å². The summed E-state index contributed by atoms with van der Waals surface area (Å²) in [7, 11) is -3.32. The van der Waals surface area contributed by atoms with Gasteiger partial charge in [0.1, 0.15) is 0 Å². The van der Waals surface area contributed by atoms with Crippen molar-refractivity contribution in [3.05, 3.63) is 66.0 Å². The largest absolute Gasteiger partial charge is 0.342 e. The molecule has 2 aromatic rings. The number of benzene rings is 1. The normalized spacial score (nSPS) is 19.7. The molecule has 4 rings (SSSR count). The van der Waals surface area contributed by atoms with Crippen LogP contribution in [0.4, 0.5) is 0 Å². The molecule has 0 saturated carbocycles. The number of likely N-dealkylation sites (tertiary alicyclic amines) is 1. The molecule has 1 amide bonds. The smallest absolute Gasteiger partial charge is 0.226 e. The van der Waals surface area contributed by atoms with Gasteiger partial charge >= 0.3 is 0 Å². The van der Waals surface area contributed by atoms with Crippen molar-refractivity contribution in [2.45, 2.75) is 43.3 Å². The van der Waals surface area contributed by atoms with Crippen molar-refractivity contribution in [3.63, 3.8) is 0 Å². The van der Waals surface area contributed by atoms with E-state index in [-0.39, 0.29) is 11.2 Å². The number of sulfonamides is 1. The summed E-state index contributed by atoms with van der Waals surface area (Å²) in [5.74, 6) is 0.479. The molecule has 160 valence electrons. The average molecular weight is 428 g/mol. The standard InChI is InChI=1S/C23H29N3O3S/c27-23(18-19-4-2-1-3-5-19)25-14-10-22(11-15-25)30(28,29)26-16-8-21(9-17-26)20-6-12-24-13-7-20/h1-7,12-13,21-22H,8-11,14-18H2. The van der Waals surface area contributed by atoms with Gasteiger partial charge in [-0.2, -0.15) is 0 Å². The van der Waals surface area contributed by atoms with Gasteiger partial charge in [0.05, 0.1) is 11.7 Å². The van der Waals surface area contributed by atoms with Gasteiger partial charge in [-0.15, -0.1) is 0 Å². The first-order valence-corrected chi connectivity index (χ1v) is 12.2. The fourth-order valence-corrected chi connectivity index (χ4v) is 6.52. The van der Waals surface area contributed by atoms with Crippen LogP contribution in [-0.2, 0) is 21.2 Å². The monoisotopic (exact) mass is 427 g/mol. The zero-order valence-corrected chi connectivity index (χ0v) is 18.0. The zero-order chi connectivity index (χ0) is 21.0. The lowest BCUT2D eigenvalue weighted by atomic mass is 9.91. The van der Waals surface area contributed by atoms with Gasteiger partial charge in [-0.05, 0) is 54.9 Å². The molecule has 6 nitrogen and oxygen atoms in total. The molecule has 0 bridgehead atoms. The molecular formula is C23H29N3O3S. The van der Waals surface area contributed by atoms with Crippen molar-refractivity contribution in [3.8, 4) is 0 Å². The highest BCUT2D eigenvalue weighted by Gasteiger charge is 2.37. The predicted octanol–water partition coefficient (Wildman–Crippen LogP) is 2.82. The summed E-state index contributed by atoms with van der Waals surface area (Å²) in [5, 5.41) is -0.379. The molecule has 0 radical (unpaired) electrons. The number of hydrogen-bond donors (Lipinski definition) is 0. The molecule has 7 heteroatoms. The summed E-state index contributed by atoms with van der Waals surface area (Å²) in [6.45, 7) is 2.18. The van der Waals surface area contributed by atoms with Crippen molar-refractivity contribution >= 4 is 15.9 Å². The quantitative estimate of drug-likeness (QED) is 0.736. The number of hydrogen-bond acceptors (Lipinski definition) is 4. The second-order valence-electron chi connectivity index (χ2n) is 8.24. The van der Waals surface area contributed by atoms with Crippen LogP contribution in [0.1, 0.15) is 42.7 Å². The van der Waals surface area contributed by atoms with E-state index in [1.54, 1.807) is 16.7 Å². The molecule has 1 aromatic carbocycles. The Balaban J connectivity index is 1.29. The number of amides is 1. The van der Waals surface area contributed by atoms with Crippen molar-refractivity contribution in [2.75, 3.05) is 26.2 Å².